The number of hydrogen-bond acceptors (Lipinski definition) is 1. The number of halogens is 1. The van der Waals surface area contributed by atoms with Crippen LogP contribution in [0.5, 0.6) is 0 Å². The van der Waals surface area contributed by atoms with E-state index in [0.29, 0.717) is 6.42 Å². The Balaban J connectivity index is 3.26. The van der Waals surface area contributed by atoms with Crippen LogP contribution in [0.2, 0.25) is 0 Å². The second-order valence-corrected chi connectivity index (χ2v) is 2.02. The number of allylic oxidation sites excluding steroid dienone is 2. The van der Waals surface area contributed by atoms with Gasteiger partial charge in [-0.2, -0.15) is 0 Å². The third-order valence-electron chi connectivity index (χ3n) is 0.897. The van der Waals surface area contributed by atoms with Crippen molar-refractivity contribution in [2.75, 3.05) is 5.88 Å². The molecule has 0 saturated heterocycles. The van der Waals surface area contributed by atoms with Crippen LogP contribution in [0.15, 0.2) is 12.2 Å². The highest BCUT2D eigenvalue weighted by Gasteiger charge is 1.92. The molecular formula is C7H11ClO. The van der Waals surface area contributed by atoms with Crippen LogP contribution in [-0.4, -0.2) is 11.7 Å². The molecule has 9 heavy (non-hydrogen) atoms. The number of carbonyl (C=O) groups is 1. The molecule has 0 saturated carbocycles. The second kappa shape index (κ2) is 5.83. The van der Waals surface area contributed by atoms with Crippen LogP contribution < -0.4 is 0 Å². The van der Waals surface area contributed by atoms with Gasteiger partial charge in [0.15, 0.2) is 5.78 Å². The van der Waals surface area contributed by atoms with Crippen LogP contribution in [0.4, 0.5) is 0 Å². The lowest BCUT2D eigenvalue weighted by Crippen LogP contribution is -1.95. The van der Waals surface area contributed by atoms with Gasteiger partial charge in [0.1, 0.15) is 0 Å². The molecule has 0 unspecified atom stereocenters. The zero-order valence-corrected chi connectivity index (χ0v) is 6.32. The molecule has 1 nitrogen and oxygen atoms in total. The summed E-state index contributed by atoms with van der Waals surface area (Å²) in [4.78, 5) is 10.5. The van der Waals surface area contributed by atoms with Gasteiger partial charge in [0.2, 0.25) is 0 Å². The molecule has 0 atom stereocenters. The summed E-state index contributed by atoms with van der Waals surface area (Å²) in [7, 11) is 0. The van der Waals surface area contributed by atoms with E-state index < -0.39 is 0 Å². The van der Waals surface area contributed by atoms with E-state index >= 15 is 0 Å². The van der Waals surface area contributed by atoms with E-state index in [4.69, 9.17) is 11.6 Å². The molecule has 0 bridgehead atoms. The quantitative estimate of drug-likeness (QED) is 0.439. The van der Waals surface area contributed by atoms with Crippen molar-refractivity contribution in [1.82, 2.24) is 0 Å². The molecule has 0 fully saturated rings. The van der Waals surface area contributed by atoms with Crippen molar-refractivity contribution in [2.45, 2.75) is 19.8 Å². The summed E-state index contributed by atoms with van der Waals surface area (Å²) in [6, 6.07) is 0. The molecule has 0 aliphatic rings. The van der Waals surface area contributed by atoms with Crippen molar-refractivity contribution < 1.29 is 4.79 Å². The Morgan fingerprint density at radius 3 is 2.67 bits per heavy atom. The minimum Gasteiger partial charge on any atom is -0.298 e. The van der Waals surface area contributed by atoms with Crippen LogP contribution in [0.3, 0.4) is 0 Å². The lowest BCUT2D eigenvalue weighted by molar-refractivity contribution is -0.115. The molecule has 0 spiro atoms. The summed E-state index contributed by atoms with van der Waals surface area (Å²) in [6.07, 6.45) is 5.28. The minimum absolute atomic E-state index is 0.0846. The van der Waals surface area contributed by atoms with Gasteiger partial charge in [0, 0.05) is 6.42 Å². The number of rotatable bonds is 4. The molecule has 2 heteroatoms. The summed E-state index contributed by atoms with van der Waals surface area (Å²) >= 11 is 5.25. The third-order valence-corrected chi connectivity index (χ3v) is 1.20. The van der Waals surface area contributed by atoms with E-state index in [9.17, 15) is 4.79 Å². The van der Waals surface area contributed by atoms with Gasteiger partial charge >= 0.3 is 0 Å². The molecule has 0 aliphatic heterocycles. The van der Waals surface area contributed by atoms with Crippen LogP contribution >= 0.6 is 11.6 Å². The summed E-state index contributed by atoms with van der Waals surface area (Å²) in [5.74, 6) is 0.218. The van der Waals surface area contributed by atoms with Gasteiger partial charge in [0.05, 0.1) is 5.88 Å². The van der Waals surface area contributed by atoms with Crippen LogP contribution in [0.1, 0.15) is 19.8 Å². The van der Waals surface area contributed by atoms with Crippen molar-refractivity contribution in [3.63, 3.8) is 0 Å². The SMILES string of the molecule is CC/C=C\CC(=O)CCl. The van der Waals surface area contributed by atoms with E-state index in [-0.39, 0.29) is 11.7 Å². The lowest BCUT2D eigenvalue weighted by atomic mass is 10.3. The molecule has 0 aromatic rings. The fraction of sp³-hybridized carbons (Fsp3) is 0.571. The third kappa shape index (κ3) is 5.57. The summed E-state index contributed by atoms with van der Waals surface area (Å²) in [5, 5.41) is 0. The lowest BCUT2D eigenvalue weighted by Gasteiger charge is -1.85. The van der Waals surface area contributed by atoms with Crippen LogP contribution in [-0.2, 0) is 4.79 Å². The van der Waals surface area contributed by atoms with E-state index in [1.54, 1.807) is 0 Å². The topological polar surface area (TPSA) is 17.1 Å². The number of hydrogen-bond donors (Lipinski definition) is 0. The molecule has 0 aromatic heterocycles. The van der Waals surface area contributed by atoms with Gasteiger partial charge in [-0.25, -0.2) is 0 Å². The van der Waals surface area contributed by atoms with Crippen molar-refractivity contribution >= 4 is 17.4 Å². The molecule has 52 valence electrons. The van der Waals surface area contributed by atoms with E-state index in [1.807, 2.05) is 19.1 Å². The predicted octanol–water partition coefficient (Wildman–Crippen LogP) is 2.15. The predicted molar refractivity (Wildman–Crippen MR) is 39.8 cm³/mol. The Labute approximate surface area is 60.7 Å². The maximum atomic E-state index is 10.5. The molecule has 0 heterocycles. The number of Topliss-reactive ketones (excluding diaryl/α,β-unsaturated/α-hetero) is 1. The van der Waals surface area contributed by atoms with Crippen LogP contribution in [0.25, 0.3) is 0 Å². The standard InChI is InChI=1S/C7H11ClO/c1-2-3-4-5-7(9)6-8/h3-4H,2,5-6H2,1H3/b4-3-. The molecule has 0 N–H and O–H groups in total. The molecular weight excluding hydrogens is 136 g/mol. The summed E-state index contributed by atoms with van der Waals surface area (Å²) in [5.41, 5.74) is 0. The van der Waals surface area contributed by atoms with E-state index in [0.717, 1.165) is 6.42 Å². The van der Waals surface area contributed by atoms with Crippen molar-refractivity contribution in [2.24, 2.45) is 0 Å². The maximum Gasteiger partial charge on any atom is 0.151 e. The highest BCUT2D eigenvalue weighted by Crippen LogP contribution is 1.89. The van der Waals surface area contributed by atoms with Crippen molar-refractivity contribution in [3.8, 4) is 0 Å². The Kier molecular flexibility index (Phi) is 5.64. The monoisotopic (exact) mass is 146 g/mol. The van der Waals surface area contributed by atoms with Gasteiger partial charge in [-0.15, -0.1) is 11.6 Å². The Morgan fingerprint density at radius 2 is 2.22 bits per heavy atom. The smallest absolute Gasteiger partial charge is 0.151 e. The number of ketones is 1. The highest BCUT2D eigenvalue weighted by atomic mass is 35.5. The van der Waals surface area contributed by atoms with Gasteiger partial charge in [0.25, 0.3) is 0 Å². The Morgan fingerprint density at radius 1 is 1.56 bits per heavy atom. The average molecular weight is 147 g/mol. The molecule has 0 aromatic carbocycles. The fourth-order valence-electron chi connectivity index (χ4n) is 0.436. The highest BCUT2D eigenvalue weighted by molar-refractivity contribution is 6.27. The maximum absolute atomic E-state index is 10.5. The summed E-state index contributed by atoms with van der Waals surface area (Å²) < 4.78 is 0. The van der Waals surface area contributed by atoms with Gasteiger partial charge < -0.3 is 0 Å². The number of carbonyl (C=O) groups excluding carboxylic acids is 1. The molecule has 0 rings (SSSR count). The molecule has 0 aliphatic carbocycles. The minimum atomic E-state index is 0.0846. The first-order valence-electron chi connectivity index (χ1n) is 3.04. The van der Waals surface area contributed by atoms with E-state index in [1.165, 1.54) is 0 Å². The zero-order valence-electron chi connectivity index (χ0n) is 5.56. The van der Waals surface area contributed by atoms with Crippen LogP contribution in [0, 0.1) is 0 Å². The largest absolute Gasteiger partial charge is 0.298 e. The van der Waals surface area contributed by atoms with E-state index in [2.05, 4.69) is 0 Å². The fourth-order valence-corrected chi connectivity index (χ4v) is 0.545. The average Bonchev–Trinajstić information content (AvgIpc) is 1.89. The van der Waals surface area contributed by atoms with Gasteiger partial charge in [-0.1, -0.05) is 19.1 Å². The summed E-state index contributed by atoms with van der Waals surface area (Å²) in [6.45, 7) is 2.03. The van der Waals surface area contributed by atoms with Gasteiger partial charge in [-0.3, -0.25) is 4.79 Å². The first-order valence-corrected chi connectivity index (χ1v) is 3.57. The first-order chi connectivity index (χ1) is 4.31. The second-order valence-electron chi connectivity index (χ2n) is 1.76. The molecule has 0 amide bonds. The Bertz CT molecular complexity index is 107. The molecule has 0 radical (unpaired) electrons. The first kappa shape index (κ1) is 8.70. The van der Waals surface area contributed by atoms with Crippen molar-refractivity contribution in [1.29, 1.82) is 0 Å². The van der Waals surface area contributed by atoms with Crippen molar-refractivity contribution in [3.05, 3.63) is 12.2 Å². The zero-order chi connectivity index (χ0) is 7.11. The van der Waals surface area contributed by atoms with Gasteiger partial charge in [-0.05, 0) is 6.42 Å². The normalized spacial score (nSPS) is 10.4. The number of alkyl halides is 1. The Hall–Kier alpha value is -0.300.